The van der Waals surface area contributed by atoms with Crippen LogP contribution >= 0.6 is 0 Å². The molecule has 0 saturated carbocycles. The van der Waals surface area contributed by atoms with Crippen molar-refractivity contribution < 1.29 is 9.53 Å². The van der Waals surface area contributed by atoms with Crippen molar-refractivity contribution in [1.82, 2.24) is 4.90 Å². The number of nitrogens with zero attached hydrogens (tertiary/aromatic N) is 1. The van der Waals surface area contributed by atoms with E-state index in [1.165, 1.54) is 0 Å². The van der Waals surface area contributed by atoms with Gasteiger partial charge in [0.2, 0.25) is 5.91 Å². The monoisotopic (exact) mass is 237 g/mol. The predicted octanol–water partition coefficient (Wildman–Crippen LogP) is 0.524. The van der Waals surface area contributed by atoms with Crippen molar-refractivity contribution >= 4 is 11.6 Å². The lowest BCUT2D eigenvalue weighted by Gasteiger charge is -2.15. The van der Waals surface area contributed by atoms with Crippen LogP contribution in [0.1, 0.15) is 0 Å². The largest absolute Gasteiger partial charge is 0.495 e. The van der Waals surface area contributed by atoms with Crippen LogP contribution in [0.25, 0.3) is 0 Å². The van der Waals surface area contributed by atoms with Gasteiger partial charge < -0.3 is 15.8 Å². The van der Waals surface area contributed by atoms with E-state index in [1.807, 2.05) is 24.1 Å². The van der Waals surface area contributed by atoms with E-state index >= 15 is 0 Å². The first-order chi connectivity index (χ1) is 8.17. The Labute approximate surface area is 102 Å². The smallest absolute Gasteiger partial charge is 0.238 e. The number of carbonyl (C=O) groups is 1. The quantitative estimate of drug-likeness (QED) is 0.757. The van der Waals surface area contributed by atoms with Gasteiger partial charge in [-0.25, -0.2) is 0 Å². The van der Waals surface area contributed by atoms with Crippen LogP contribution in [0.4, 0.5) is 5.69 Å². The molecule has 94 valence electrons. The number of carbonyl (C=O) groups excluding carboxylic acids is 1. The third-order valence-corrected chi connectivity index (χ3v) is 2.31. The first kappa shape index (κ1) is 13.5. The Morgan fingerprint density at radius 3 is 2.82 bits per heavy atom. The van der Waals surface area contributed by atoms with Crippen molar-refractivity contribution in [2.75, 3.05) is 39.1 Å². The molecule has 1 aromatic rings. The first-order valence-electron chi connectivity index (χ1n) is 5.49. The van der Waals surface area contributed by atoms with Gasteiger partial charge in [-0.15, -0.1) is 0 Å². The molecule has 5 nitrogen and oxygen atoms in total. The average Bonchev–Trinajstić information content (AvgIpc) is 2.29. The fourth-order valence-electron chi connectivity index (χ4n) is 1.48. The summed E-state index contributed by atoms with van der Waals surface area (Å²) in [6, 6.07) is 7.32. The van der Waals surface area contributed by atoms with E-state index in [1.54, 1.807) is 19.2 Å². The van der Waals surface area contributed by atoms with Crippen molar-refractivity contribution in [3.63, 3.8) is 0 Å². The Morgan fingerprint density at radius 2 is 2.18 bits per heavy atom. The zero-order valence-corrected chi connectivity index (χ0v) is 10.3. The highest BCUT2D eigenvalue weighted by Crippen LogP contribution is 2.22. The van der Waals surface area contributed by atoms with E-state index in [0.29, 0.717) is 31.1 Å². The second-order valence-corrected chi connectivity index (χ2v) is 3.77. The lowest BCUT2D eigenvalue weighted by Crippen LogP contribution is -2.33. The molecule has 0 aliphatic heterocycles. The SMILES string of the molecule is COc1ccccc1NC(=O)CN(C)CCN. The number of nitrogens with two attached hydrogens (primary N) is 1. The maximum atomic E-state index is 11.7. The number of hydrogen-bond donors (Lipinski definition) is 2. The molecule has 1 aromatic carbocycles. The van der Waals surface area contributed by atoms with Gasteiger partial charge in [0.15, 0.2) is 0 Å². The first-order valence-corrected chi connectivity index (χ1v) is 5.49. The van der Waals surface area contributed by atoms with Crippen LogP contribution in [-0.2, 0) is 4.79 Å². The standard InChI is InChI=1S/C12H19N3O2/c1-15(8-7-13)9-12(16)14-10-5-3-4-6-11(10)17-2/h3-6H,7-9,13H2,1-2H3,(H,14,16). The van der Waals surface area contributed by atoms with Crippen LogP contribution in [0.3, 0.4) is 0 Å². The summed E-state index contributed by atoms with van der Waals surface area (Å²) in [5.74, 6) is 0.577. The molecule has 0 aliphatic rings. The number of para-hydroxylation sites is 2. The summed E-state index contributed by atoms with van der Waals surface area (Å²) >= 11 is 0. The molecule has 0 heterocycles. The molecule has 0 radical (unpaired) electrons. The third-order valence-electron chi connectivity index (χ3n) is 2.31. The maximum Gasteiger partial charge on any atom is 0.238 e. The van der Waals surface area contributed by atoms with Crippen LogP contribution in [0, 0.1) is 0 Å². The maximum absolute atomic E-state index is 11.7. The van der Waals surface area contributed by atoms with Crippen LogP contribution < -0.4 is 15.8 Å². The molecule has 1 rings (SSSR count). The molecule has 1 amide bonds. The normalized spacial score (nSPS) is 10.4. The van der Waals surface area contributed by atoms with Gasteiger partial charge in [0, 0.05) is 13.1 Å². The number of hydrogen-bond acceptors (Lipinski definition) is 4. The summed E-state index contributed by atoms with van der Waals surface area (Å²) in [5, 5.41) is 2.80. The molecule has 17 heavy (non-hydrogen) atoms. The Balaban J connectivity index is 2.55. The number of amides is 1. The molecule has 0 saturated heterocycles. The number of anilines is 1. The summed E-state index contributed by atoms with van der Waals surface area (Å²) in [5.41, 5.74) is 6.09. The molecule has 3 N–H and O–H groups in total. The summed E-state index contributed by atoms with van der Waals surface area (Å²) < 4.78 is 5.15. The molecule has 0 bridgehead atoms. The number of nitrogens with one attached hydrogen (secondary N) is 1. The number of likely N-dealkylation sites (N-methyl/N-ethyl adjacent to an activating group) is 1. The van der Waals surface area contributed by atoms with E-state index in [0.717, 1.165) is 0 Å². The minimum absolute atomic E-state index is 0.0783. The van der Waals surface area contributed by atoms with E-state index in [9.17, 15) is 4.79 Å². The fourth-order valence-corrected chi connectivity index (χ4v) is 1.48. The number of benzene rings is 1. The lowest BCUT2D eigenvalue weighted by atomic mass is 10.3. The zero-order valence-electron chi connectivity index (χ0n) is 10.3. The van der Waals surface area contributed by atoms with Crippen molar-refractivity contribution in [1.29, 1.82) is 0 Å². The van der Waals surface area contributed by atoms with Gasteiger partial charge in [-0.1, -0.05) is 12.1 Å². The van der Waals surface area contributed by atoms with Crippen LogP contribution in [-0.4, -0.2) is 44.6 Å². The number of ether oxygens (including phenoxy) is 1. The number of rotatable bonds is 6. The van der Waals surface area contributed by atoms with E-state index in [2.05, 4.69) is 5.32 Å². The van der Waals surface area contributed by atoms with Gasteiger partial charge in [-0.2, -0.15) is 0 Å². The Hall–Kier alpha value is -1.59. The predicted molar refractivity (Wildman–Crippen MR) is 68.2 cm³/mol. The molecular formula is C12H19N3O2. The fraction of sp³-hybridized carbons (Fsp3) is 0.417. The van der Waals surface area contributed by atoms with Crippen LogP contribution in [0.2, 0.25) is 0 Å². The molecule has 0 atom stereocenters. The summed E-state index contributed by atoms with van der Waals surface area (Å²) in [4.78, 5) is 13.6. The highest BCUT2D eigenvalue weighted by atomic mass is 16.5. The minimum Gasteiger partial charge on any atom is -0.495 e. The van der Waals surface area contributed by atoms with Gasteiger partial charge >= 0.3 is 0 Å². The molecule has 5 heteroatoms. The second kappa shape index (κ2) is 6.88. The molecule has 0 aliphatic carbocycles. The highest BCUT2D eigenvalue weighted by molar-refractivity contribution is 5.93. The lowest BCUT2D eigenvalue weighted by molar-refractivity contribution is -0.117. The number of methoxy groups -OCH3 is 1. The van der Waals surface area contributed by atoms with Crippen molar-refractivity contribution in [3.8, 4) is 5.75 Å². The molecule has 0 unspecified atom stereocenters. The third kappa shape index (κ3) is 4.42. The molecule has 0 aromatic heterocycles. The minimum atomic E-state index is -0.0783. The van der Waals surface area contributed by atoms with Gasteiger partial charge in [0.05, 0.1) is 19.3 Å². The van der Waals surface area contributed by atoms with Crippen molar-refractivity contribution in [3.05, 3.63) is 24.3 Å². The summed E-state index contributed by atoms with van der Waals surface area (Å²) in [6.45, 7) is 1.55. The molecular weight excluding hydrogens is 218 g/mol. The van der Waals surface area contributed by atoms with E-state index in [4.69, 9.17) is 10.5 Å². The average molecular weight is 237 g/mol. The summed E-state index contributed by atoms with van der Waals surface area (Å²) in [6.07, 6.45) is 0. The van der Waals surface area contributed by atoms with Gasteiger partial charge in [-0.05, 0) is 19.2 Å². The topological polar surface area (TPSA) is 67.6 Å². The van der Waals surface area contributed by atoms with Crippen LogP contribution in [0.5, 0.6) is 5.75 Å². The summed E-state index contributed by atoms with van der Waals surface area (Å²) in [7, 11) is 3.43. The van der Waals surface area contributed by atoms with Crippen LogP contribution in [0.15, 0.2) is 24.3 Å². The van der Waals surface area contributed by atoms with Gasteiger partial charge in [-0.3, -0.25) is 9.69 Å². The van der Waals surface area contributed by atoms with Gasteiger partial charge in [0.1, 0.15) is 5.75 Å². The van der Waals surface area contributed by atoms with Crippen molar-refractivity contribution in [2.24, 2.45) is 5.73 Å². The molecule has 0 spiro atoms. The second-order valence-electron chi connectivity index (χ2n) is 3.77. The Morgan fingerprint density at radius 1 is 1.47 bits per heavy atom. The Kier molecular flexibility index (Phi) is 5.45. The molecule has 0 fully saturated rings. The van der Waals surface area contributed by atoms with E-state index < -0.39 is 0 Å². The van der Waals surface area contributed by atoms with E-state index in [-0.39, 0.29) is 5.91 Å². The zero-order chi connectivity index (χ0) is 12.7. The van der Waals surface area contributed by atoms with Crippen molar-refractivity contribution in [2.45, 2.75) is 0 Å². The highest BCUT2D eigenvalue weighted by Gasteiger charge is 2.08. The Bertz CT molecular complexity index is 369. The van der Waals surface area contributed by atoms with Gasteiger partial charge in [0.25, 0.3) is 0 Å².